The minimum atomic E-state index is -1.04. The van der Waals surface area contributed by atoms with E-state index in [1.807, 2.05) is 49.5 Å². The number of benzene rings is 2. The van der Waals surface area contributed by atoms with Gasteiger partial charge >= 0.3 is 6.09 Å². The minimum Gasteiger partial charge on any atom is -0.464 e. The molecule has 2 unspecified atom stereocenters. The van der Waals surface area contributed by atoms with Crippen molar-refractivity contribution in [2.75, 3.05) is 16.8 Å². The van der Waals surface area contributed by atoms with Crippen LogP contribution in [0, 0.1) is 5.41 Å². The lowest BCUT2D eigenvalue weighted by Gasteiger charge is -2.39. The van der Waals surface area contributed by atoms with Crippen molar-refractivity contribution in [1.82, 2.24) is 0 Å². The van der Waals surface area contributed by atoms with Gasteiger partial charge in [0.25, 0.3) is 0 Å². The summed E-state index contributed by atoms with van der Waals surface area (Å²) in [5, 5.41) is 10.1. The Morgan fingerprint density at radius 2 is 1.62 bits per heavy atom. The quantitative estimate of drug-likeness (QED) is 0.436. The molecular weight excluding hydrogens is 426 g/mol. The number of amides is 2. The van der Waals surface area contributed by atoms with Gasteiger partial charge in [0, 0.05) is 24.7 Å². The van der Waals surface area contributed by atoms with Crippen molar-refractivity contribution in [3.8, 4) is 0 Å². The van der Waals surface area contributed by atoms with E-state index in [1.54, 1.807) is 0 Å². The third-order valence-electron chi connectivity index (χ3n) is 7.57. The molecule has 2 amide bonds. The van der Waals surface area contributed by atoms with Gasteiger partial charge in [-0.1, -0.05) is 52.7 Å². The average Bonchev–Trinajstić information content (AvgIpc) is 3.03. The molecule has 0 aromatic heterocycles. The Balaban J connectivity index is 2.15. The number of hydrogen-bond donors (Lipinski definition) is 2. The monoisotopic (exact) mass is 465 g/mol. The van der Waals surface area contributed by atoms with Crippen molar-refractivity contribution in [3.63, 3.8) is 0 Å². The summed E-state index contributed by atoms with van der Waals surface area (Å²) in [6.45, 7) is 10.5. The van der Waals surface area contributed by atoms with E-state index < -0.39 is 11.5 Å². The summed E-state index contributed by atoms with van der Waals surface area (Å²) >= 11 is 0. The number of nitrogens with zero attached hydrogens (tertiary/aromatic N) is 2. The van der Waals surface area contributed by atoms with Crippen molar-refractivity contribution in [2.45, 2.75) is 78.2 Å². The van der Waals surface area contributed by atoms with Gasteiger partial charge < -0.3 is 15.7 Å². The highest BCUT2D eigenvalue weighted by Gasteiger charge is 2.51. The number of rotatable bonds is 9. The fourth-order valence-electron chi connectivity index (χ4n) is 5.82. The molecule has 0 spiro atoms. The molecule has 0 saturated carbocycles. The molecule has 3 rings (SSSR count). The van der Waals surface area contributed by atoms with Gasteiger partial charge in [0.2, 0.25) is 5.91 Å². The van der Waals surface area contributed by atoms with Crippen LogP contribution in [-0.4, -0.2) is 30.2 Å². The Morgan fingerprint density at radius 1 is 1.06 bits per heavy atom. The first-order valence-corrected chi connectivity index (χ1v) is 12.4. The first kappa shape index (κ1) is 25.6. The van der Waals surface area contributed by atoms with E-state index in [2.05, 4.69) is 39.5 Å². The van der Waals surface area contributed by atoms with E-state index >= 15 is 0 Å². The lowest BCUT2D eigenvalue weighted by molar-refractivity contribution is -0.130. The second kappa shape index (κ2) is 10.1. The van der Waals surface area contributed by atoms with Crippen LogP contribution in [0.4, 0.5) is 21.9 Å². The van der Waals surface area contributed by atoms with E-state index in [1.165, 1.54) is 4.90 Å². The van der Waals surface area contributed by atoms with Gasteiger partial charge in [-0.25, -0.2) is 9.69 Å². The van der Waals surface area contributed by atoms with Gasteiger partial charge in [0.05, 0.1) is 16.8 Å². The predicted octanol–water partition coefficient (Wildman–Crippen LogP) is 6.62. The van der Waals surface area contributed by atoms with Crippen LogP contribution >= 0.6 is 0 Å². The highest BCUT2D eigenvalue weighted by Crippen LogP contribution is 2.54. The second-order valence-corrected chi connectivity index (χ2v) is 9.96. The highest BCUT2D eigenvalue weighted by atomic mass is 16.4. The summed E-state index contributed by atoms with van der Waals surface area (Å²) in [6.07, 6.45) is 2.09. The smallest absolute Gasteiger partial charge is 0.416 e. The first-order valence-electron chi connectivity index (χ1n) is 12.4. The number of fused-ring (bicyclic) bond motifs is 1. The second-order valence-electron chi connectivity index (χ2n) is 9.96. The Morgan fingerprint density at radius 3 is 2.09 bits per heavy atom. The van der Waals surface area contributed by atoms with Crippen LogP contribution in [0.15, 0.2) is 42.5 Å². The van der Waals surface area contributed by atoms with Crippen LogP contribution in [0.1, 0.15) is 83.3 Å². The molecule has 0 bridgehead atoms. The molecule has 34 heavy (non-hydrogen) atoms. The van der Waals surface area contributed by atoms with Crippen LogP contribution < -0.4 is 15.5 Å². The van der Waals surface area contributed by atoms with Crippen molar-refractivity contribution in [2.24, 2.45) is 11.1 Å². The standard InChI is InChI=1S/C28H39N3O3/c1-7-15-28(16-8-2,26(29)32)25-19(5)30(6)24-14-13-22(17-23(24)25)31(27(33)34)21-11-9-20(10-12-21)18(3)4/h9-14,17-19,25H,7-8,15-16H2,1-6H3,(H2,29,32)(H,33,34). The van der Waals surface area contributed by atoms with Crippen LogP contribution in [-0.2, 0) is 4.79 Å². The SMILES string of the molecule is CCCC(CCC)(C(N)=O)C1c2cc(N(C(=O)O)c3ccc(C(C)C)cc3)ccc2N(C)C1C. The number of hydrogen-bond acceptors (Lipinski definition) is 3. The van der Waals surface area contributed by atoms with E-state index in [0.717, 1.165) is 29.7 Å². The number of carbonyl (C=O) groups is 2. The molecule has 184 valence electrons. The van der Waals surface area contributed by atoms with E-state index in [4.69, 9.17) is 5.73 Å². The van der Waals surface area contributed by atoms with E-state index in [9.17, 15) is 14.7 Å². The Bertz CT molecular complexity index is 1030. The molecule has 2 aromatic carbocycles. The maximum atomic E-state index is 13.0. The first-order chi connectivity index (χ1) is 16.1. The number of carboxylic acid groups (broad SMARTS) is 1. The van der Waals surface area contributed by atoms with Crippen LogP contribution in [0.2, 0.25) is 0 Å². The van der Waals surface area contributed by atoms with Crippen molar-refractivity contribution in [1.29, 1.82) is 0 Å². The van der Waals surface area contributed by atoms with E-state index in [0.29, 0.717) is 30.1 Å². The molecule has 2 aromatic rings. The van der Waals surface area contributed by atoms with Crippen LogP contribution in [0.5, 0.6) is 0 Å². The number of likely N-dealkylation sites (N-methyl/N-ethyl adjacent to an activating group) is 1. The molecule has 3 N–H and O–H groups in total. The molecule has 0 fully saturated rings. The van der Waals surface area contributed by atoms with Crippen molar-refractivity contribution in [3.05, 3.63) is 53.6 Å². The van der Waals surface area contributed by atoms with Gasteiger partial charge in [0.1, 0.15) is 0 Å². The molecule has 1 aliphatic rings. The van der Waals surface area contributed by atoms with Gasteiger partial charge in [0.15, 0.2) is 0 Å². The maximum Gasteiger partial charge on any atom is 0.416 e. The number of primary amides is 1. The largest absolute Gasteiger partial charge is 0.464 e. The van der Waals surface area contributed by atoms with Crippen LogP contribution in [0.25, 0.3) is 0 Å². The summed E-state index contributed by atoms with van der Waals surface area (Å²) in [7, 11) is 2.03. The summed E-state index contributed by atoms with van der Waals surface area (Å²) < 4.78 is 0. The Labute approximate surface area is 203 Å². The number of nitrogens with two attached hydrogens (primary N) is 1. The van der Waals surface area contributed by atoms with Gasteiger partial charge in [-0.15, -0.1) is 0 Å². The number of carbonyl (C=O) groups excluding carboxylic acids is 1. The molecule has 0 radical (unpaired) electrons. The number of anilines is 3. The normalized spacial score (nSPS) is 17.7. The topological polar surface area (TPSA) is 86.9 Å². The third-order valence-corrected chi connectivity index (χ3v) is 7.57. The zero-order valence-electron chi connectivity index (χ0n) is 21.3. The summed E-state index contributed by atoms with van der Waals surface area (Å²) in [5.74, 6) is -0.00737. The molecule has 6 heteroatoms. The zero-order chi connectivity index (χ0) is 25.2. The van der Waals surface area contributed by atoms with Gasteiger partial charge in [-0.2, -0.15) is 0 Å². The highest BCUT2D eigenvalue weighted by molar-refractivity contribution is 5.95. The molecule has 1 aliphatic heterocycles. The molecule has 6 nitrogen and oxygen atoms in total. The van der Waals surface area contributed by atoms with Gasteiger partial charge in [-0.3, -0.25) is 4.79 Å². The van der Waals surface area contributed by atoms with E-state index in [-0.39, 0.29) is 17.9 Å². The maximum absolute atomic E-state index is 13.0. The fourth-order valence-corrected chi connectivity index (χ4v) is 5.82. The van der Waals surface area contributed by atoms with Crippen molar-refractivity contribution >= 4 is 29.1 Å². The molecule has 2 atom stereocenters. The summed E-state index contributed by atoms with van der Waals surface area (Å²) in [6, 6.07) is 13.5. The van der Waals surface area contributed by atoms with Crippen LogP contribution in [0.3, 0.4) is 0 Å². The van der Waals surface area contributed by atoms with Gasteiger partial charge in [-0.05, 0) is 67.1 Å². The molecular formula is C28H39N3O3. The fraction of sp³-hybridized carbons (Fsp3) is 0.500. The molecule has 0 saturated heterocycles. The Hall–Kier alpha value is -3.02. The lowest BCUT2D eigenvalue weighted by Crippen LogP contribution is -2.46. The minimum absolute atomic E-state index is 0.0689. The average molecular weight is 466 g/mol. The summed E-state index contributed by atoms with van der Waals surface area (Å²) in [5.41, 5.74) is 9.78. The molecule has 0 aliphatic carbocycles. The summed E-state index contributed by atoms with van der Waals surface area (Å²) in [4.78, 5) is 28.9. The zero-order valence-corrected chi connectivity index (χ0v) is 21.3. The van der Waals surface area contributed by atoms with Crippen molar-refractivity contribution < 1.29 is 14.7 Å². The lowest BCUT2D eigenvalue weighted by atomic mass is 9.64. The third kappa shape index (κ3) is 4.38. The molecule has 1 heterocycles. The Kier molecular flexibility index (Phi) is 7.59. The predicted molar refractivity (Wildman–Crippen MR) is 139 cm³/mol.